The molecule has 0 atom stereocenters. The van der Waals surface area contributed by atoms with E-state index in [0.717, 1.165) is 41.8 Å². The van der Waals surface area contributed by atoms with Gasteiger partial charge >= 0.3 is 5.97 Å². The number of anilines is 1. The van der Waals surface area contributed by atoms with E-state index in [4.69, 9.17) is 32.7 Å². The largest absolute Gasteiger partial charge is 0.466 e. The van der Waals surface area contributed by atoms with E-state index in [-0.39, 0.29) is 17.8 Å². The molecule has 9 heteroatoms. The zero-order valence-corrected chi connectivity index (χ0v) is 22.6. The Balaban J connectivity index is 1.43. The van der Waals surface area contributed by atoms with Crippen molar-refractivity contribution in [1.82, 2.24) is 4.90 Å². The molecule has 36 heavy (non-hydrogen) atoms. The van der Waals surface area contributed by atoms with Crippen molar-refractivity contribution in [3.63, 3.8) is 0 Å². The first-order valence-corrected chi connectivity index (χ1v) is 13.7. The Labute approximate surface area is 226 Å². The molecule has 0 unspecified atom stereocenters. The van der Waals surface area contributed by atoms with Gasteiger partial charge in [0.15, 0.2) is 0 Å². The number of hydrogen-bond donors (Lipinski definition) is 0. The lowest BCUT2D eigenvalue weighted by Crippen LogP contribution is -2.40. The normalized spacial score (nSPS) is 16.6. The summed E-state index contributed by atoms with van der Waals surface area (Å²) in [5, 5.41) is 0.705. The van der Waals surface area contributed by atoms with Gasteiger partial charge in [0.25, 0.3) is 5.91 Å². The van der Waals surface area contributed by atoms with Gasteiger partial charge in [-0.2, -0.15) is 0 Å². The fraction of sp³-hybridized carbons (Fsp3) is 0.407. The van der Waals surface area contributed by atoms with Crippen molar-refractivity contribution >= 4 is 58.1 Å². The van der Waals surface area contributed by atoms with E-state index in [0.29, 0.717) is 53.7 Å². The smallest absolute Gasteiger partial charge is 0.309 e. The lowest BCUT2D eigenvalue weighted by molar-refractivity contribution is -0.150. The van der Waals surface area contributed by atoms with Crippen LogP contribution in [0.1, 0.15) is 25.3 Å². The molecule has 4 rings (SSSR count). The summed E-state index contributed by atoms with van der Waals surface area (Å²) in [6.07, 6.45) is 1.15. The fourth-order valence-electron chi connectivity index (χ4n) is 4.42. The summed E-state index contributed by atoms with van der Waals surface area (Å²) in [6.45, 7) is 10.3. The highest BCUT2D eigenvalue weighted by Gasteiger charge is 2.30. The van der Waals surface area contributed by atoms with Gasteiger partial charge in [0, 0.05) is 52.8 Å². The molecule has 0 aromatic heterocycles. The highest BCUT2D eigenvalue weighted by atomic mass is 35.5. The SMILES string of the molecule is C=C(C(=O)N1CCC(C(=O)OCC)CC1)c1ccc(Sc2cccc(N3CCOCC3)c2)c(Cl)c1Cl. The van der Waals surface area contributed by atoms with Gasteiger partial charge in [-0.25, -0.2) is 0 Å². The predicted octanol–water partition coefficient (Wildman–Crippen LogP) is 5.80. The number of rotatable bonds is 7. The number of amides is 1. The maximum Gasteiger partial charge on any atom is 0.309 e. The van der Waals surface area contributed by atoms with Gasteiger partial charge in [-0.15, -0.1) is 0 Å². The van der Waals surface area contributed by atoms with Crippen LogP contribution in [0, 0.1) is 5.92 Å². The second-order valence-corrected chi connectivity index (χ2v) is 10.6. The van der Waals surface area contributed by atoms with Crippen LogP contribution in [0.25, 0.3) is 5.57 Å². The van der Waals surface area contributed by atoms with Crippen LogP contribution in [-0.2, 0) is 19.1 Å². The summed E-state index contributed by atoms with van der Waals surface area (Å²) >= 11 is 14.8. The molecule has 2 fully saturated rings. The third kappa shape index (κ3) is 6.20. The molecule has 2 aliphatic rings. The van der Waals surface area contributed by atoms with Crippen LogP contribution in [-0.4, -0.2) is 62.8 Å². The number of carbonyl (C=O) groups excluding carboxylic acids is 2. The average molecular weight is 550 g/mol. The molecule has 0 spiro atoms. The summed E-state index contributed by atoms with van der Waals surface area (Å²) in [5.41, 5.74) is 1.96. The molecule has 0 saturated carbocycles. The van der Waals surface area contributed by atoms with Crippen LogP contribution < -0.4 is 4.90 Å². The minimum atomic E-state index is -0.200. The lowest BCUT2D eigenvalue weighted by Gasteiger charge is -2.31. The molecular weight excluding hydrogens is 519 g/mol. The molecule has 192 valence electrons. The van der Waals surface area contributed by atoms with Gasteiger partial charge in [-0.3, -0.25) is 9.59 Å². The quantitative estimate of drug-likeness (QED) is 0.322. The number of hydrogen-bond acceptors (Lipinski definition) is 6. The minimum Gasteiger partial charge on any atom is -0.466 e. The molecule has 0 radical (unpaired) electrons. The van der Waals surface area contributed by atoms with E-state index in [1.807, 2.05) is 18.2 Å². The van der Waals surface area contributed by atoms with E-state index in [2.05, 4.69) is 23.6 Å². The second kappa shape index (κ2) is 12.4. The number of nitrogens with zero attached hydrogens (tertiary/aromatic N) is 2. The van der Waals surface area contributed by atoms with Crippen LogP contribution in [0.15, 0.2) is 52.8 Å². The van der Waals surface area contributed by atoms with Gasteiger partial charge in [-0.1, -0.05) is 53.7 Å². The number of halogens is 2. The zero-order valence-electron chi connectivity index (χ0n) is 20.3. The fourth-order valence-corrected chi connectivity index (χ4v) is 5.94. The summed E-state index contributed by atoms with van der Waals surface area (Å²) in [4.78, 5) is 31.0. The van der Waals surface area contributed by atoms with Gasteiger partial charge in [0.05, 0.1) is 35.8 Å². The highest BCUT2D eigenvalue weighted by molar-refractivity contribution is 7.99. The Morgan fingerprint density at radius 2 is 1.81 bits per heavy atom. The number of ether oxygens (including phenoxy) is 2. The summed E-state index contributed by atoms with van der Waals surface area (Å²) < 4.78 is 10.6. The van der Waals surface area contributed by atoms with Gasteiger partial charge in [0.2, 0.25) is 0 Å². The molecule has 2 heterocycles. The average Bonchev–Trinajstić information content (AvgIpc) is 2.91. The Hall–Kier alpha value is -2.19. The number of morpholine rings is 1. The first-order valence-electron chi connectivity index (χ1n) is 12.1. The van der Waals surface area contributed by atoms with Crippen LogP contribution in [0.4, 0.5) is 5.69 Å². The Morgan fingerprint density at radius 1 is 1.08 bits per heavy atom. The van der Waals surface area contributed by atoms with Crippen LogP contribution in [0.3, 0.4) is 0 Å². The summed E-state index contributed by atoms with van der Waals surface area (Å²) in [7, 11) is 0. The first kappa shape index (κ1) is 26.9. The number of esters is 1. The Morgan fingerprint density at radius 3 is 2.50 bits per heavy atom. The van der Waals surface area contributed by atoms with Crippen molar-refractivity contribution in [2.24, 2.45) is 5.92 Å². The van der Waals surface area contributed by atoms with Crippen molar-refractivity contribution in [2.75, 3.05) is 50.9 Å². The van der Waals surface area contributed by atoms with E-state index in [1.165, 1.54) is 11.8 Å². The van der Waals surface area contributed by atoms with E-state index < -0.39 is 0 Å². The van der Waals surface area contributed by atoms with Crippen LogP contribution in [0.2, 0.25) is 10.0 Å². The van der Waals surface area contributed by atoms with Crippen LogP contribution >= 0.6 is 35.0 Å². The number of benzene rings is 2. The van der Waals surface area contributed by atoms with E-state index in [1.54, 1.807) is 17.9 Å². The molecule has 0 N–H and O–H groups in total. The molecule has 2 aliphatic heterocycles. The second-order valence-electron chi connectivity index (χ2n) is 8.74. The predicted molar refractivity (Wildman–Crippen MR) is 145 cm³/mol. The van der Waals surface area contributed by atoms with Crippen molar-refractivity contribution < 1.29 is 19.1 Å². The molecule has 1 amide bonds. The molecular formula is C27H30Cl2N2O4S. The standard InChI is InChI=1S/C27H30Cl2N2O4S/c1-3-35-27(33)19-9-11-31(12-10-19)26(32)18(2)22-7-8-23(25(29)24(22)28)36-21-6-4-5-20(17-21)30-13-15-34-16-14-30/h4-8,17,19H,2-3,9-16H2,1H3. The zero-order chi connectivity index (χ0) is 25.7. The molecule has 2 aromatic rings. The summed E-state index contributed by atoms with van der Waals surface area (Å²) in [5.74, 6) is -0.561. The number of piperidine rings is 1. The van der Waals surface area contributed by atoms with Gasteiger partial charge < -0.3 is 19.3 Å². The monoisotopic (exact) mass is 548 g/mol. The van der Waals surface area contributed by atoms with E-state index >= 15 is 0 Å². The molecule has 0 aliphatic carbocycles. The lowest BCUT2D eigenvalue weighted by atomic mass is 9.96. The number of carbonyl (C=O) groups is 2. The number of likely N-dealkylation sites (tertiary alicyclic amines) is 1. The summed E-state index contributed by atoms with van der Waals surface area (Å²) in [6, 6.07) is 12.0. The third-order valence-corrected chi connectivity index (χ3v) is 8.50. The Kier molecular flexibility index (Phi) is 9.23. The molecule has 0 bridgehead atoms. The maximum absolute atomic E-state index is 13.1. The molecule has 2 aromatic carbocycles. The van der Waals surface area contributed by atoms with Gasteiger partial charge in [0.1, 0.15) is 0 Å². The highest BCUT2D eigenvalue weighted by Crippen LogP contribution is 2.41. The van der Waals surface area contributed by atoms with Crippen LogP contribution in [0.5, 0.6) is 0 Å². The topological polar surface area (TPSA) is 59.1 Å². The Bertz CT molecular complexity index is 1130. The van der Waals surface area contributed by atoms with Crippen molar-refractivity contribution in [1.29, 1.82) is 0 Å². The van der Waals surface area contributed by atoms with Crippen molar-refractivity contribution in [3.05, 3.63) is 58.6 Å². The molecule has 2 saturated heterocycles. The first-order chi connectivity index (χ1) is 17.4. The van der Waals surface area contributed by atoms with Gasteiger partial charge in [-0.05, 0) is 44.0 Å². The minimum absolute atomic E-state index is 0.168. The van der Waals surface area contributed by atoms with E-state index in [9.17, 15) is 9.59 Å². The maximum atomic E-state index is 13.1. The third-order valence-electron chi connectivity index (χ3n) is 6.45. The molecule has 6 nitrogen and oxygen atoms in total. The van der Waals surface area contributed by atoms with Crippen molar-refractivity contribution in [3.8, 4) is 0 Å². The van der Waals surface area contributed by atoms with Crippen molar-refractivity contribution in [2.45, 2.75) is 29.6 Å².